The molecule has 0 spiro atoms. The van der Waals surface area contributed by atoms with Crippen molar-refractivity contribution in [2.45, 2.75) is 46.6 Å². The second-order valence-corrected chi connectivity index (χ2v) is 6.23. The van der Waals surface area contributed by atoms with Gasteiger partial charge in [0.25, 0.3) is 5.09 Å². The predicted octanol–water partition coefficient (Wildman–Crippen LogP) is 2.90. The molecule has 2 rings (SSSR count). The van der Waals surface area contributed by atoms with Crippen molar-refractivity contribution in [3.05, 3.63) is 10.1 Å². The Kier molecular flexibility index (Phi) is 2.63. The molecule has 4 heteroatoms. The summed E-state index contributed by atoms with van der Waals surface area (Å²) >= 11 is 0. The third-order valence-electron chi connectivity index (χ3n) is 4.92. The molecule has 4 atom stereocenters. The van der Waals surface area contributed by atoms with Crippen molar-refractivity contribution in [1.82, 2.24) is 0 Å². The third kappa shape index (κ3) is 1.50. The number of fused-ring (bicyclic) bond motifs is 2. The van der Waals surface area contributed by atoms with E-state index in [2.05, 4.69) is 27.7 Å². The van der Waals surface area contributed by atoms with Gasteiger partial charge in [-0.2, -0.15) is 0 Å². The zero-order valence-electron chi connectivity index (χ0n) is 10.5. The largest absolute Gasteiger partial charge is 0.310 e. The lowest BCUT2D eigenvalue weighted by atomic mass is 9.76. The van der Waals surface area contributed by atoms with E-state index in [1.54, 1.807) is 0 Å². The van der Waals surface area contributed by atoms with E-state index >= 15 is 0 Å². The maximum atomic E-state index is 10.6. The zero-order chi connectivity index (χ0) is 12.1. The Balaban J connectivity index is 2.26. The topological polar surface area (TPSA) is 52.4 Å². The van der Waals surface area contributed by atoms with E-state index in [0.29, 0.717) is 23.7 Å². The van der Waals surface area contributed by atoms with Crippen LogP contribution in [0.2, 0.25) is 0 Å². The maximum Gasteiger partial charge on any atom is 0.294 e. The van der Waals surface area contributed by atoms with Gasteiger partial charge in [-0.1, -0.05) is 27.7 Å². The fraction of sp³-hybridized carbons (Fsp3) is 1.00. The number of hydrogen-bond acceptors (Lipinski definition) is 3. The maximum absolute atomic E-state index is 10.6. The van der Waals surface area contributed by atoms with Crippen LogP contribution in [0.5, 0.6) is 0 Å². The first-order valence-corrected chi connectivity index (χ1v) is 6.17. The van der Waals surface area contributed by atoms with E-state index in [0.717, 1.165) is 6.42 Å². The van der Waals surface area contributed by atoms with Crippen molar-refractivity contribution in [3.8, 4) is 0 Å². The molecular weight excluding hydrogens is 206 g/mol. The summed E-state index contributed by atoms with van der Waals surface area (Å²) in [5.41, 5.74) is 0.204. The highest BCUT2D eigenvalue weighted by molar-refractivity contribution is 5.08. The number of nitrogens with zero attached hydrogens (tertiary/aromatic N) is 1. The molecule has 0 aromatic rings. The molecule has 2 aliphatic rings. The summed E-state index contributed by atoms with van der Waals surface area (Å²) in [5.74, 6) is 1.75. The van der Waals surface area contributed by atoms with Gasteiger partial charge in [-0.25, -0.2) is 0 Å². The first-order chi connectivity index (χ1) is 7.35. The molecule has 2 fully saturated rings. The van der Waals surface area contributed by atoms with Crippen LogP contribution < -0.4 is 0 Å². The molecule has 2 unspecified atom stereocenters. The zero-order valence-corrected chi connectivity index (χ0v) is 10.5. The van der Waals surface area contributed by atoms with Crippen molar-refractivity contribution in [1.29, 1.82) is 0 Å². The van der Waals surface area contributed by atoms with E-state index in [1.807, 2.05) is 0 Å². The van der Waals surface area contributed by atoms with E-state index in [-0.39, 0.29) is 11.5 Å². The summed E-state index contributed by atoms with van der Waals surface area (Å²) in [5, 5.41) is 9.99. The molecule has 0 radical (unpaired) electrons. The van der Waals surface area contributed by atoms with Gasteiger partial charge in [-0.15, -0.1) is 10.1 Å². The van der Waals surface area contributed by atoms with Crippen LogP contribution in [0.4, 0.5) is 0 Å². The van der Waals surface area contributed by atoms with Crippen LogP contribution in [0.1, 0.15) is 40.5 Å². The van der Waals surface area contributed by atoms with Crippen LogP contribution in [-0.4, -0.2) is 11.2 Å². The molecule has 2 saturated carbocycles. The molecule has 0 N–H and O–H groups in total. The van der Waals surface area contributed by atoms with Crippen molar-refractivity contribution in [2.24, 2.45) is 29.1 Å². The average molecular weight is 227 g/mol. The minimum atomic E-state index is -0.600. The molecular formula is C12H21NO3. The second kappa shape index (κ2) is 3.60. The predicted molar refractivity (Wildman–Crippen MR) is 60.2 cm³/mol. The Bertz CT molecular complexity index is 301. The molecule has 2 aliphatic carbocycles. The Morgan fingerprint density at radius 3 is 2.38 bits per heavy atom. The Morgan fingerprint density at radius 2 is 1.88 bits per heavy atom. The SMILES string of the molecule is CC(C)C1C(O[N+](=O)[O-])[C@H]2CC[C@@H]1C2(C)C. The summed E-state index contributed by atoms with van der Waals surface area (Å²) in [6, 6.07) is 0. The van der Waals surface area contributed by atoms with Crippen LogP contribution in [-0.2, 0) is 4.84 Å². The lowest BCUT2D eigenvalue weighted by molar-refractivity contribution is -0.772. The summed E-state index contributed by atoms with van der Waals surface area (Å²) < 4.78 is 0. The van der Waals surface area contributed by atoms with Gasteiger partial charge < -0.3 is 4.84 Å². The number of rotatable bonds is 3. The van der Waals surface area contributed by atoms with Gasteiger partial charge in [0.05, 0.1) is 0 Å². The Labute approximate surface area is 96.5 Å². The molecule has 0 aromatic heterocycles. The molecule has 4 nitrogen and oxygen atoms in total. The quantitative estimate of drug-likeness (QED) is 0.550. The van der Waals surface area contributed by atoms with Crippen LogP contribution in [0.3, 0.4) is 0 Å². The van der Waals surface area contributed by atoms with Gasteiger partial charge in [0, 0.05) is 0 Å². The summed E-state index contributed by atoms with van der Waals surface area (Å²) in [6.45, 7) is 8.79. The van der Waals surface area contributed by atoms with Crippen LogP contribution in [0, 0.1) is 39.2 Å². The molecule has 0 aliphatic heterocycles. The Hall–Kier alpha value is -0.800. The lowest BCUT2D eigenvalue weighted by Crippen LogP contribution is -2.35. The molecule has 0 amide bonds. The van der Waals surface area contributed by atoms with Gasteiger partial charge in [0.2, 0.25) is 0 Å². The monoisotopic (exact) mass is 227 g/mol. The van der Waals surface area contributed by atoms with Crippen LogP contribution in [0.15, 0.2) is 0 Å². The average Bonchev–Trinajstić information content (AvgIpc) is 2.51. The van der Waals surface area contributed by atoms with Crippen molar-refractivity contribution in [3.63, 3.8) is 0 Å². The minimum Gasteiger partial charge on any atom is -0.310 e. The highest BCUT2D eigenvalue weighted by atomic mass is 17.0. The molecule has 16 heavy (non-hydrogen) atoms. The van der Waals surface area contributed by atoms with Crippen LogP contribution >= 0.6 is 0 Å². The minimum absolute atomic E-state index is 0.177. The van der Waals surface area contributed by atoms with Crippen LogP contribution in [0.25, 0.3) is 0 Å². The molecule has 2 bridgehead atoms. The summed E-state index contributed by atoms with van der Waals surface area (Å²) in [4.78, 5) is 15.6. The molecule has 92 valence electrons. The third-order valence-corrected chi connectivity index (χ3v) is 4.92. The fourth-order valence-corrected chi connectivity index (χ4v) is 4.24. The highest BCUT2D eigenvalue weighted by Gasteiger charge is 2.60. The van der Waals surface area contributed by atoms with Crippen molar-refractivity contribution in [2.75, 3.05) is 0 Å². The first-order valence-electron chi connectivity index (χ1n) is 6.17. The molecule has 0 heterocycles. The molecule has 0 saturated heterocycles. The normalized spacial score (nSPS) is 40.3. The van der Waals surface area contributed by atoms with Gasteiger partial charge in [-0.05, 0) is 41.9 Å². The van der Waals surface area contributed by atoms with Gasteiger partial charge in [0.1, 0.15) is 6.10 Å². The van der Waals surface area contributed by atoms with E-state index in [4.69, 9.17) is 4.84 Å². The first kappa shape index (κ1) is 11.7. The van der Waals surface area contributed by atoms with Gasteiger partial charge in [-0.3, -0.25) is 0 Å². The standard InChI is InChI=1S/C12H21NO3/c1-7(2)10-8-5-6-9(12(8,3)4)11(10)16-13(14)15/h7-11H,5-6H2,1-4H3/t8-,9+,10?,11?/m0/s1. The van der Waals surface area contributed by atoms with E-state index in [1.165, 1.54) is 6.42 Å². The van der Waals surface area contributed by atoms with Gasteiger partial charge in [0.15, 0.2) is 0 Å². The van der Waals surface area contributed by atoms with E-state index in [9.17, 15) is 10.1 Å². The van der Waals surface area contributed by atoms with E-state index < -0.39 is 5.09 Å². The summed E-state index contributed by atoms with van der Waals surface area (Å²) in [6.07, 6.45) is 2.11. The smallest absolute Gasteiger partial charge is 0.294 e. The lowest BCUT2D eigenvalue weighted by Gasteiger charge is -2.32. The Morgan fingerprint density at radius 1 is 1.31 bits per heavy atom. The second-order valence-electron chi connectivity index (χ2n) is 6.23. The summed E-state index contributed by atoms with van der Waals surface area (Å²) in [7, 11) is 0. The highest BCUT2D eigenvalue weighted by Crippen LogP contribution is 2.62. The van der Waals surface area contributed by atoms with Crippen molar-refractivity contribution < 1.29 is 9.92 Å². The number of hydrogen-bond donors (Lipinski definition) is 0. The molecule has 0 aromatic carbocycles. The van der Waals surface area contributed by atoms with Gasteiger partial charge >= 0.3 is 0 Å². The van der Waals surface area contributed by atoms with Crippen molar-refractivity contribution >= 4 is 0 Å². The fourth-order valence-electron chi connectivity index (χ4n) is 4.24.